The van der Waals surface area contributed by atoms with Crippen molar-refractivity contribution in [2.24, 2.45) is 11.7 Å². The first kappa shape index (κ1) is 8.70. The van der Waals surface area contributed by atoms with Crippen molar-refractivity contribution in [2.45, 2.75) is 25.3 Å². The third kappa shape index (κ3) is 1.73. The van der Waals surface area contributed by atoms with Gasteiger partial charge in [-0.2, -0.15) is 0 Å². The molecular formula is C11H14FN. The summed E-state index contributed by atoms with van der Waals surface area (Å²) in [6.45, 7) is 2.04. The fraction of sp³-hybridized carbons (Fsp3) is 0.455. The number of halogens is 1. The summed E-state index contributed by atoms with van der Waals surface area (Å²) in [4.78, 5) is 0. The van der Waals surface area contributed by atoms with Crippen molar-refractivity contribution in [3.63, 3.8) is 0 Å². The average molecular weight is 179 g/mol. The lowest BCUT2D eigenvalue weighted by Crippen LogP contribution is -2.17. The largest absolute Gasteiger partial charge is 0.328 e. The third-order valence-electron chi connectivity index (χ3n) is 2.81. The van der Waals surface area contributed by atoms with Crippen LogP contribution in [0.2, 0.25) is 0 Å². The maximum Gasteiger partial charge on any atom is 0.123 e. The van der Waals surface area contributed by atoms with E-state index in [0.29, 0.717) is 11.8 Å². The maximum absolute atomic E-state index is 12.6. The Kier molecular flexibility index (Phi) is 2.08. The molecule has 0 amide bonds. The normalized spacial score (nSPS) is 28.5. The summed E-state index contributed by atoms with van der Waals surface area (Å²) in [5.41, 5.74) is 7.01. The van der Waals surface area contributed by atoms with Crippen LogP contribution in [-0.2, 0) is 0 Å². The lowest BCUT2D eigenvalue weighted by atomic mass is 10.1. The van der Waals surface area contributed by atoms with Gasteiger partial charge in [-0.05, 0) is 42.9 Å². The van der Waals surface area contributed by atoms with Crippen molar-refractivity contribution in [3.05, 3.63) is 35.6 Å². The van der Waals surface area contributed by atoms with Crippen LogP contribution in [0, 0.1) is 11.7 Å². The third-order valence-corrected chi connectivity index (χ3v) is 2.81. The van der Waals surface area contributed by atoms with Gasteiger partial charge in [0.2, 0.25) is 0 Å². The van der Waals surface area contributed by atoms with E-state index in [1.165, 1.54) is 17.7 Å². The fourth-order valence-electron chi connectivity index (χ4n) is 1.89. The van der Waals surface area contributed by atoms with Crippen LogP contribution < -0.4 is 5.73 Å². The molecule has 1 aromatic rings. The maximum atomic E-state index is 12.6. The van der Waals surface area contributed by atoms with Crippen LogP contribution >= 0.6 is 0 Å². The van der Waals surface area contributed by atoms with Crippen LogP contribution in [0.4, 0.5) is 4.39 Å². The van der Waals surface area contributed by atoms with E-state index in [2.05, 4.69) is 0 Å². The summed E-state index contributed by atoms with van der Waals surface area (Å²) in [7, 11) is 0. The van der Waals surface area contributed by atoms with Gasteiger partial charge in [0.05, 0.1) is 0 Å². The Labute approximate surface area is 77.8 Å². The SMILES string of the molecule is C[C@@H](N)[C@H]1C[C@@H]1c1ccc(F)cc1. The second-order valence-electron chi connectivity index (χ2n) is 3.92. The predicted molar refractivity (Wildman–Crippen MR) is 50.9 cm³/mol. The van der Waals surface area contributed by atoms with E-state index >= 15 is 0 Å². The van der Waals surface area contributed by atoms with Crippen LogP contribution in [0.5, 0.6) is 0 Å². The number of hydrogen-bond acceptors (Lipinski definition) is 1. The Balaban J connectivity index is 2.08. The van der Waals surface area contributed by atoms with E-state index in [1.807, 2.05) is 19.1 Å². The zero-order chi connectivity index (χ0) is 9.42. The molecule has 1 aromatic carbocycles. The summed E-state index contributed by atoms with van der Waals surface area (Å²) in [5, 5.41) is 0. The van der Waals surface area contributed by atoms with Crippen LogP contribution in [0.15, 0.2) is 24.3 Å². The molecule has 0 heterocycles. The first-order valence-corrected chi connectivity index (χ1v) is 4.69. The minimum absolute atomic E-state index is 0.165. The Morgan fingerprint density at radius 1 is 1.38 bits per heavy atom. The lowest BCUT2D eigenvalue weighted by Gasteiger charge is -2.03. The molecule has 2 heteroatoms. The highest BCUT2D eigenvalue weighted by Crippen LogP contribution is 2.48. The molecule has 1 aliphatic rings. The first-order chi connectivity index (χ1) is 6.18. The fourth-order valence-corrected chi connectivity index (χ4v) is 1.89. The van der Waals surface area contributed by atoms with Crippen LogP contribution in [0.1, 0.15) is 24.8 Å². The second-order valence-corrected chi connectivity index (χ2v) is 3.92. The smallest absolute Gasteiger partial charge is 0.123 e. The number of nitrogens with two attached hydrogens (primary N) is 1. The van der Waals surface area contributed by atoms with Crippen molar-refractivity contribution < 1.29 is 4.39 Å². The standard InChI is InChI=1S/C11H14FN/c1-7(13)10-6-11(10)8-2-4-9(12)5-3-8/h2-5,7,10-11H,6,13H2,1H3/t7-,10-,11-/m1/s1. The summed E-state index contributed by atoms with van der Waals surface area (Å²) in [6.07, 6.45) is 1.16. The minimum Gasteiger partial charge on any atom is -0.328 e. The van der Waals surface area contributed by atoms with Crippen molar-refractivity contribution >= 4 is 0 Å². The Hall–Kier alpha value is -0.890. The van der Waals surface area contributed by atoms with E-state index in [9.17, 15) is 4.39 Å². The number of hydrogen-bond donors (Lipinski definition) is 1. The highest BCUT2D eigenvalue weighted by molar-refractivity contribution is 5.26. The van der Waals surface area contributed by atoms with Crippen molar-refractivity contribution in [2.75, 3.05) is 0 Å². The van der Waals surface area contributed by atoms with Gasteiger partial charge in [-0.1, -0.05) is 12.1 Å². The predicted octanol–water partition coefficient (Wildman–Crippen LogP) is 2.28. The van der Waals surface area contributed by atoms with Crippen molar-refractivity contribution in [1.29, 1.82) is 0 Å². The van der Waals surface area contributed by atoms with Gasteiger partial charge in [0, 0.05) is 6.04 Å². The molecule has 0 aliphatic heterocycles. The highest BCUT2D eigenvalue weighted by atomic mass is 19.1. The molecule has 13 heavy (non-hydrogen) atoms. The molecule has 1 saturated carbocycles. The lowest BCUT2D eigenvalue weighted by molar-refractivity contribution is 0.622. The average Bonchev–Trinajstić information content (AvgIpc) is 2.85. The molecule has 0 bridgehead atoms. The topological polar surface area (TPSA) is 26.0 Å². The van der Waals surface area contributed by atoms with E-state index in [-0.39, 0.29) is 11.9 Å². The molecule has 1 fully saturated rings. The van der Waals surface area contributed by atoms with E-state index < -0.39 is 0 Å². The molecule has 2 N–H and O–H groups in total. The molecule has 0 spiro atoms. The van der Waals surface area contributed by atoms with Gasteiger partial charge in [-0.3, -0.25) is 0 Å². The van der Waals surface area contributed by atoms with E-state index in [0.717, 1.165) is 6.42 Å². The molecule has 3 atom stereocenters. The second kappa shape index (κ2) is 3.11. The van der Waals surface area contributed by atoms with Gasteiger partial charge in [0.25, 0.3) is 0 Å². The van der Waals surface area contributed by atoms with E-state index in [4.69, 9.17) is 5.73 Å². The summed E-state index contributed by atoms with van der Waals surface area (Å²) >= 11 is 0. The quantitative estimate of drug-likeness (QED) is 0.740. The molecule has 70 valence electrons. The van der Waals surface area contributed by atoms with Gasteiger partial charge < -0.3 is 5.73 Å². The van der Waals surface area contributed by atoms with Gasteiger partial charge in [0.15, 0.2) is 0 Å². The zero-order valence-corrected chi connectivity index (χ0v) is 7.70. The Morgan fingerprint density at radius 3 is 2.46 bits per heavy atom. The molecule has 1 aliphatic carbocycles. The zero-order valence-electron chi connectivity index (χ0n) is 7.70. The summed E-state index contributed by atoms with van der Waals surface area (Å²) in [5.74, 6) is 1.01. The molecule has 2 rings (SSSR count). The first-order valence-electron chi connectivity index (χ1n) is 4.69. The molecule has 0 aromatic heterocycles. The highest BCUT2D eigenvalue weighted by Gasteiger charge is 2.40. The van der Waals surface area contributed by atoms with Gasteiger partial charge >= 0.3 is 0 Å². The molecule has 0 radical (unpaired) electrons. The monoisotopic (exact) mass is 179 g/mol. The van der Waals surface area contributed by atoms with Gasteiger partial charge in [-0.25, -0.2) is 4.39 Å². The molecule has 1 nitrogen and oxygen atoms in total. The molecule has 0 unspecified atom stereocenters. The van der Waals surface area contributed by atoms with Gasteiger partial charge in [-0.15, -0.1) is 0 Å². The van der Waals surface area contributed by atoms with Crippen LogP contribution in [0.3, 0.4) is 0 Å². The van der Waals surface area contributed by atoms with Gasteiger partial charge in [0.1, 0.15) is 5.82 Å². The van der Waals surface area contributed by atoms with E-state index in [1.54, 1.807) is 0 Å². The minimum atomic E-state index is -0.165. The Bertz CT molecular complexity index is 291. The summed E-state index contributed by atoms with van der Waals surface area (Å²) < 4.78 is 12.6. The molecule has 0 saturated heterocycles. The van der Waals surface area contributed by atoms with Crippen LogP contribution in [0.25, 0.3) is 0 Å². The van der Waals surface area contributed by atoms with Crippen molar-refractivity contribution in [1.82, 2.24) is 0 Å². The molecular weight excluding hydrogens is 165 g/mol. The number of benzene rings is 1. The number of rotatable bonds is 2. The van der Waals surface area contributed by atoms with Crippen LogP contribution in [-0.4, -0.2) is 6.04 Å². The van der Waals surface area contributed by atoms with Crippen molar-refractivity contribution in [3.8, 4) is 0 Å². The summed E-state index contributed by atoms with van der Waals surface area (Å²) in [6, 6.07) is 7.03. The Morgan fingerprint density at radius 2 is 2.00 bits per heavy atom.